The maximum atomic E-state index is 13.5. The van der Waals surface area contributed by atoms with Gasteiger partial charge in [0.2, 0.25) is 0 Å². The Morgan fingerprint density at radius 3 is 2.54 bits per heavy atom. The van der Waals surface area contributed by atoms with Crippen molar-refractivity contribution in [3.8, 4) is 16.8 Å². The van der Waals surface area contributed by atoms with Gasteiger partial charge in [0.25, 0.3) is 11.5 Å². The standard InChI is InChI=1S/C31H27N7O3/c1-31(2,41)17-37-16-24(26-27(32)34-18-35-28(26)37)19-8-10-21(11-9-19)36-29(39)23-14-20-15-33-13-12-25(20)38(30(23)40)22-6-4-3-5-7-22/h3-16,18,41H,17H2,1-2H3,(H,36,39)(H2,32,34,35). The SMILES string of the molecule is CC(C)(O)Cn1cc(-c2ccc(NC(=O)c3cc4cnccc4n(-c4ccccc4)c3=O)cc2)c2c(N)ncnc21. The molecule has 10 nitrogen and oxygen atoms in total. The predicted octanol–water partition coefficient (Wildman–Crippen LogP) is 4.40. The number of para-hydroxylation sites is 1. The summed E-state index contributed by atoms with van der Waals surface area (Å²) in [6.45, 7) is 3.76. The number of aromatic nitrogens is 5. The van der Waals surface area contributed by atoms with Crippen LogP contribution < -0.4 is 16.6 Å². The van der Waals surface area contributed by atoms with Crippen molar-refractivity contribution in [2.75, 3.05) is 11.1 Å². The van der Waals surface area contributed by atoms with Crippen LogP contribution in [-0.4, -0.2) is 40.7 Å². The number of benzene rings is 2. The van der Waals surface area contributed by atoms with Gasteiger partial charge in [-0.2, -0.15) is 0 Å². The van der Waals surface area contributed by atoms with Crippen molar-refractivity contribution >= 4 is 39.3 Å². The molecule has 0 bridgehead atoms. The summed E-state index contributed by atoms with van der Waals surface area (Å²) in [6, 6.07) is 19.7. The molecular weight excluding hydrogens is 518 g/mol. The number of rotatable bonds is 6. The molecule has 6 aromatic rings. The number of amides is 1. The van der Waals surface area contributed by atoms with E-state index in [0.29, 0.717) is 45.7 Å². The Morgan fingerprint density at radius 1 is 1.05 bits per heavy atom. The Hall–Kier alpha value is -5.35. The summed E-state index contributed by atoms with van der Waals surface area (Å²) in [5.41, 5.74) is 8.89. The number of nitrogens with two attached hydrogens (primary N) is 1. The summed E-state index contributed by atoms with van der Waals surface area (Å²) in [6.07, 6.45) is 6.53. The van der Waals surface area contributed by atoms with Gasteiger partial charge in [0.05, 0.1) is 23.0 Å². The van der Waals surface area contributed by atoms with Gasteiger partial charge >= 0.3 is 0 Å². The van der Waals surface area contributed by atoms with E-state index in [1.54, 1.807) is 50.5 Å². The van der Waals surface area contributed by atoms with E-state index >= 15 is 0 Å². The van der Waals surface area contributed by atoms with Gasteiger partial charge < -0.3 is 20.7 Å². The normalized spacial score (nSPS) is 11.7. The van der Waals surface area contributed by atoms with Crippen LogP contribution in [0.5, 0.6) is 0 Å². The number of aliphatic hydroxyl groups is 1. The molecule has 6 rings (SSSR count). The molecule has 4 N–H and O–H groups in total. The second-order valence-corrected chi connectivity index (χ2v) is 10.4. The average Bonchev–Trinajstić information content (AvgIpc) is 3.31. The van der Waals surface area contributed by atoms with Gasteiger partial charge in [-0.15, -0.1) is 0 Å². The first kappa shape index (κ1) is 25.9. The summed E-state index contributed by atoms with van der Waals surface area (Å²) < 4.78 is 3.37. The van der Waals surface area contributed by atoms with Gasteiger partial charge in [0.1, 0.15) is 23.4 Å². The van der Waals surface area contributed by atoms with Crippen LogP contribution in [0.4, 0.5) is 11.5 Å². The van der Waals surface area contributed by atoms with Gasteiger partial charge in [-0.1, -0.05) is 30.3 Å². The van der Waals surface area contributed by atoms with Crippen molar-refractivity contribution in [2.24, 2.45) is 0 Å². The van der Waals surface area contributed by atoms with Gasteiger partial charge in [-0.3, -0.25) is 19.1 Å². The number of hydrogen-bond donors (Lipinski definition) is 3. The molecule has 0 fully saturated rings. The Bertz CT molecular complexity index is 1970. The van der Waals surface area contributed by atoms with Crippen molar-refractivity contribution in [3.05, 3.63) is 108 Å². The third-order valence-corrected chi connectivity index (χ3v) is 6.76. The zero-order chi connectivity index (χ0) is 28.7. The van der Waals surface area contributed by atoms with Gasteiger partial charge in [-0.25, -0.2) is 9.97 Å². The first-order chi connectivity index (χ1) is 19.7. The molecule has 10 heteroatoms. The van der Waals surface area contributed by atoms with Gasteiger partial charge in [0, 0.05) is 40.9 Å². The second kappa shape index (κ2) is 10.00. The van der Waals surface area contributed by atoms with Crippen molar-refractivity contribution in [1.82, 2.24) is 24.1 Å². The number of nitrogen functional groups attached to an aromatic ring is 1. The third-order valence-electron chi connectivity index (χ3n) is 6.76. The minimum atomic E-state index is -0.963. The number of hydrogen-bond acceptors (Lipinski definition) is 7. The first-order valence-electron chi connectivity index (χ1n) is 13.0. The number of anilines is 2. The van der Waals surface area contributed by atoms with E-state index in [1.807, 2.05) is 53.2 Å². The zero-order valence-electron chi connectivity index (χ0n) is 22.4. The Morgan fingerprint density at radius 2 is 1.80 bits per heavy atom. The molecule has 0 radical (unpaired) electrons. The quantitative estimate of drug-likeness (QED) is 0.282. The molecule has 1 amide bonds. The summed E-state index contributed by atoms with van der Waals surface area (Å²) in [5.74, 6) is -0.199. The highest BCUT2D eigenvalue weighted by Crippen LogP contribution is 2.34. The number of pyridine rings is 2. The molecule has 0 aliphatic carbocycles. The number of carbonyl (C=O) groups is 1. The van der Waals surface area contributed by atoms with E-state index < -0.39 is 17.1 Å². The minimum Gasteiger partial charge on any atom is -0.389 e. The largest absolute Gasteiger partial charge is 0.389 e. The van der Waals surface area contributed by atoms with Crippen LogP contribution in [0, 0.1) is 0 Å². The molecule has 0 saturated carbocycles. The molecule has 204 valence electrons. The van der Waals surface area contributed by atoms with E-state index in [9.17, 15) is 14.7 Å². The van der Waals surface area contributed by atoms with Crippen LogP contribution in [0.3, 0.4) is 0 Å². The molecule has 41 heavy (non-hydrogen) atoms. The van der Waals surface area contributed by atoms with E-state index in [4.69, 9.17) is 5.73 Å². The summed E-state index contributed by atoms with van der Waals surface area (Å²) >= 11 is 0. The highest BCUT2D eigenvalue weighted by Gasteiger charge is 2.21. The van der Waals surface area contributed by atoms with Crippen LogP contribution in [0.2, 0.25) is 0 Å². The third kappa shape index (κ3) is 4.92. The molecule has 0 aliphatic rings. The number of fused-ring (bicyclic) bond motifs is 2. The second-order valence-electron chi connectivity index (χ2n) is 10.4. The summed E-state index contributed by atoms with van der Waals surface area (Å²) in [5, 5.41) is 14.6. The minimum absolute atomic E-state index is 0.00181. The predicted molar refractivity (Wildman–Crippen MR) is 159 cm³/mol. The monoisotopic (exact) mass is 545 g/mol. The van der Waals surface area contributed by atoms with E-state index in [1.165, 1.54) is 10.9 Å². The lowest BCUT2D eigenvalue weighted by Crippen LogP contribution is -2.28. The van der Waals surface area contributed by atoms with Crippen LogP contribution in [0.25, 0.3) is 38.8 Å². The van der Waals surface area contributed by atoms with Crippen LogP contribution in [0.1, 0.15) is 24.2 Å². The van der Waals surface area contributed by atoms with E-state index in [0.717, 1.165) is 11.1 Å². The highest BCUT2D eigenvalue weighted by molar-refractivity contribution is 6.06. The van der Waals surface area contributed by atoms with Gasteiger partial charge in [0.15, 0.2) is 0 Å². The Kier molecular flexibility index (Phi) is 6.32. The molecule has 0 saturated heterocycles. The van der Waals surface area contributed by atoms with Crippen LogP contribution in [-0.2, 0) is 6.54 Å². The highest BCUT2D eigenvalue weighted by atomic mass is 16.3. The number of carbonyl (C=O) groups excluding carboxylic acids is 1. The molecular formula is C31H27N7O3. The molecule has 0 atom stereocenters. The number of nitrogens with zero attached hydrogens (tertiary/aromatic N) is 5. The fourth-order valence-corrected chi connectivity index (χ4v) is 4.99. The first-order valence-corrected chi connectivity index (χ1v) is 13.0. The summed E-state index contributed by atoms with van der Waals surface area (Å²) in [7, 11) is 0. The topological polar surface area (TPSA) is 141 Å². The van der Waals surface area contributed by atoms with E-state index in [2.05, 4.69) is 20.3 Å². The Labute approximate surface area is 234 Å². The molecule has 4 heterocycles. The van der Waals surface area contributed by atoms with Crippen molar-refractivity contribution < 1.29 is 9.90 Å². The van der Waals surface area contributed by atoms with E-state index in [-0.39, 0.29) is 5.56 Å². The molecule has 2 aromatic carbocycles. The fourth-order valence-electron chi connectivity index (χ4n) is 4.99. The van der Waals surface area contributed by atoms with Crippen LogP contribution in [0.15, 0.2) is 96.4 Å². The lowest BCUT2D eigenvalue weighted by molar-refractivity contribution is 0.0627. The summed E-state index contributed by atoms with van der Waals surface area (Å²) in [4.78, 5) is 39.6. The van der Waals surface area contributed by atoms with Crippen molar-refractivity contribution in [1.29, 1.82) is 0 Å². The Balaban J connectivity index is 1.34. The molecule has 4 aromatic heterocycles. The molecule has 0 spiro atoms. The average molecular weight is 546 g/mol. The molecule has 0 unspecified atom stereocenters. The lowest BCUT2D eigenvalue weighted by Gasteiger charge is -2.18. The molecule has 0 aliphatic heterocycles. The smallest absolute Gasteiger partial charge is 0.268 e. The number of nitrogens with one attached hydrogen (secondary N) is 1. The maximum absolute atomic E-state index is 13.5. The lowest BCUT2D eigenvalue weighted by atomic mass is 10.1. The van der Waals surface area contributed by atoms with Crippen molar-refractivity contribution in [3.63, 3.8) is 0 Å². The van der Waals surface area contributed by atoms with Crippen molar-refractivity contribution in [2.45, 2.75) is 26.0 Å². The van der Waals surface area contributed by atoms with Gasteiger partial charge in [-0.05, 0) is 55.8 Å². The zero-order valence-corrected chi connectivity index (χ0v) is 22.4. The maximum Gasteiger partial charge on any atom is 0.268 e. The fraction of sp³-hybridized carbons (Fsp3) is 0.129. The van der Waals surface area contributed by atoms with Crippen LogP contribution >= 0.6 is 0 Å².